The van der Waals surface area contributed by atoms with E-state index in [9.17, 15) is 14.7 Å². The first-order valence-corrected chi connectivity index (χ1v) is 9.01. The van der Waals surface area contributed by atoms with Gasteiger partial charge < -0.3 is 19.5 Å². The van der Waals surface area contributed by atoms with Gasteiger partial charge in [-0.3, -0.25) is 9.59 Å². The number of hydrogen-bond donors (Lipinski definition) is 1. The Morgan fingerprint density at radius 2 is 1.92 bits per heavy atom. The monoisotopic (exact) mass is 353 g/mol. The standard InChI is InChI=1S/C20H23N3O3/c1-21-9-4-7-20(19(21)26)8-12-23(14-20)18(25)16-13-15(5-6-17(16)24)22-10-2-3-11-22/h2-3,5-6,10-11,13,24H,4,7-9,12,14H2,1H3. The Kier molecular flexibility index (Phi) is 3.98. The van der Waals surface area contributed by atoms with Crippen molar-refractivity contribution in [3.05, 3.63) is 48.3 Å². The first-order chi connectivity index (χ1) is 12.5. The third kappa shape index (κ3) is 2.66. The van der Waals surface area contributed by atoms with E-state index in [2.05, 4.69) is 0 Å². The molecule has 2 saturated heterocycles. The smallest absolute Gasteiger partial charge is 0.257 e. The molecule has 0 bridgehead atoms. The minimum absolute atomic E-state index is 0.0288. The van der Waals surface area contributed by atoms with Crippen LogP contribution in [0.25, 0.3) is 5.69 Å². The molecule has 0 radical (unpaired) electrons. The lowest BCUT2D eigenvalue weighted by Crippen LogP contribution is -2.48. The molecule has 1 N–H and O–H groups in total. The summed E-state index contributed by atoms with van der Waals surface area (Å²) in [6, 6.07) is 8.84. The maximum absolute atomic E-state index is 13.0. The normalized spacial score (nSPS) is 23.0. The molecule has 2 aliphatic heterocycles. The molecule has 6 nitrogen and oxygen atoms in total. The Bertz CT molecular complexity index is 846. The van der Waals surface area contributed by atoms with Crippen molar-refractivity contribution in [2.45, 2.75) is 19.3 Å². The number of benzene rings is 1. The molecule has 2 aromatic rings. The van der Waals surface area contributed by atoms with Crippen molar-refractivity contribution in [2.75, 3.05) is 26.7 Å². The predicted molar refractivity (Wildman–Crippen MR) is 97.3 cm³/mol. The van der Waals surface area contributed by atoms with Crippen molar-refractivity contribution >= 4 is 11.8 Å². The molecule has 4 rings (SSSR count). The second kappa shape index (κ2) is 6.20. The fraction of sp³-hybridized carbons (Fsp3) is 0.400. The molecule has 1 aromatic heterocycles. The average Bonchev–Trinajstić information content (AvgIpc) is 3.30. The summed E-state index contributed by atoms with van der Waals surface area (Å²) in [4.78, 5) is 29.2. The highest BCUT2D eigenvalue weighted by Crippen LogP contribution is 2.40. The number of carbonyl (C=O) groups is 2. The number of phenols is 1. The van der Waals surface area contributed by atoms with Gasteiger partial charge in [0.2, 0.25) is 5.91 Å². The van der Waals surface area contributed by atoms with Crippen molar-refractivity contribution in [1.29, 1.82) is 0 Å². The van der Waals surface area contributed by atoms with Crippen LogP contribution in [0.4, 0.5) is 0 Å². The van der Waals surface area contributed by atoms with E-state index in [-0.39, 0.29) is 23.1 Å². The van der Waals surface area contributed by atoms with Gasteiger partial charge >= 0.3 is 0 Å². The van der Waals surface area contributed by atoms with Crippen molar-refractivity contribution in [3.63, 3.8) is 0 Å². The Balaban J connectivity index is 1.59. The Labute approximate surface area is 152 Å². The zero-order valence-electron chi connectivity index (χ0n) is 14.9. The van der Waals surface area contributed by atoms with Crippen LogP contribution in [0.15, 0.2) is 42.7 Å². The number of aromatic nitrogens is 1. The Morgan fingerprint density at radius 1 is 1.15 bits per heavy atom. The molecule has 6 heteroatoms. The maximum atomic E-state index is 13.0. The lowest BCUT2D eigenvalue weighted by atomic mass is 9.78. The Hall–Kier alpha value is -2.76. The van der Waals surface area contributed by atoms with Crippen LogP contribution in [-0.2, 0) is 4.79 Å². The molecule has 26 heavy (non-hydrogen) atoms. The van der Waals surface area contributed by atoms with E-state index >= 15 is 0 Å². The van der Waals surface area contributed by atoms with E-state index in [4.69, 9.17) is 0 Å². The fourth-order valence-electron chi connectivity index (χ4n) is 4.23. The van der Waals surface area contributed by atoms with Gasteiger partial charge in [-0.25, -0.2) is 0 Å². The molecule has 1 spiro atoms. The van der Waals surface area contributed by atoms with Gasteiger partial charge in [-0.15, -0.1) is 0 Å². The van der Waals surface area contributed by atoms with E-state index in [0.717, 1.165) is 25.1 Å². The summed E-state index contributed by atoms with van der Waals surface area (Å²) in [6.45, 7) is 1.77. The van der Waals surface area contributed by atoms with Gasteiger partial charge in [0.15, 0.2) is 0 Å². The quantitative estimate of drug-likeness (QED) is 0.901. The summed E-state index contributed by atoms with van der Waals surface area (Å²) >= 11 is 0. The lowest BCUT2D eigenvalue weighted by molar-refractivity contribution is -0.143. The highest BCUT2D eigenvalue weighted by molar-refractivity contribution is 5.98. The summed E-state index contributed by atoms with van der Waals surface area (Å²) in [6.07, 6.45) is 6.28. The molecular weight excluding hydrogens is 330 g/mol. The molecule has 1 aromatic carbocycles. The van der Waals surface area contributed by atoms with Crippen LogP contribution in [0, 0.1) is 5.41 Å². The summed E-state index contributed by atoms with van der Waals surface area (Å²) in [5.74, 6) is -0.0993. The van der Waals surface area contributed by atoms with Crippen molar-refractivity contribution in [1.82, 2.24) is 14.4 Å². The molecule has 2 amide bonds. The van der Waals surface area contributed by atoms with Gasteiger partial charge in [-0.1, -0.05) is 0 Å². The minimum atomic E-state index is -0.448. The van der Waals surface area contributed by atoms with Gasteiger partial charge in [0.1, 0.15) is 5.75 Å². The SMILES string of the molecule is CN1CCCC2(CCN(C(=O)c3cc(-n4cccc4)ccc3O)C2)C1=O. The molecule has 136 valence electrons. The number of aromatic hydroxyl groups is 1. The molecule has 0 saturated carbocycles. The second-order valence-electron chi connectivity index (χ2n) is 7.38. The maximum Gasteiger partial charge on any atom is 0.257 e. The molecule has 0 aliphatic carbocycles. The number of carbonyl (C=O) groups excluding carboxylic acids is 2. The van der Waals surface area contributed by atoms with Crippen molar-refractivity contribution in [3.8, 4) is 11.4 Å². The predicted octanol–water partition coefficient (Wildman–Crippen LogP) is 2.27. The number of phenolic OH excluding ortho intramolecular Hbond substituents is 1. The third-order valence-corrected chi connectivity index (χ3v) is 5.70. The minimum Gasteiger partial charge on any atom is -0.507 e. The first kappa shape index (κ1) is 16.7. The van der Waals surface area contributed by atoms with Crippen LogP contribution in [0.5, 0.6) is 5.75 Å². The molecule has 2 fully saturated rings. The van der Waals surface area contributed by atoms with Crippen LogP contribution in [-0.4, -0.2) is 58.0 Å². The van der Waals surface area contributed by atoms with Crippen molar-refractivity contribution < 1.29 is 14.7 Å². The lowest BCUT2D eigenvalue weighted by Gasteiger charge is -2.37. The Morgan fingerprint density at radius 3 is 2.69 bits per heavy atom. The van der Waals surface area contributed by atoms with Gasteiger partial charge in [0.05, 0.1) is 11.0 Å². The highest BCUT2D eigenvalue weighted by atomic mass is 16.3. The molecule has 1 unspecified atom stereocenters. The number of amides is 2. The fourth-order valence-corrected chi connectivity index (χ4v) is 4.23. The first-order valence-electron chi connectivity index (χ1n) is 9.01. The van der Waals surface area contributed by atoms with E-state index in [1.807, 2.05) is 36.1 Å². The number of piperidine rings is 1. The van der Waals surface area contributed by atoms with Gasteiger partial charge in [-0.05, 0) is 49.6 Å². The summed E-state index contributed by atoms with van der Waals surface area (Å²) in [5, 5.41) is 10.2. The van der Waals surface area contributed by atoms with Crippen molar-refractivity contribution in [2.24, 2.45) is 5.41 Å². The van der Waals surface area contributed by atoms with Crippen LogP contribution in [0.2, 0.25) is 0 Å². The van der Waals surface area contributed by atoms with E-state index in [1.54, 1.807) is 28.0 Å². The second-order valence-corrected chi connectivity index (χ2v) is 7.38. The molecular formula is C20H23N3O3. The number of nitrogens with zero attached hydrogens (tertiary/aromatic N) is 3. The van der Waals surface area contributed by atoms with Gasteiger partial charge in [0, 0.05) is 44.8 Å². The van der Waals surface area contributed by atoms with Crippen LogP contribution >= 0.6 is 0 Å². The zero-order valence-corrected chi connectivity index (χ0v) is 14.9. The number of likely N-dealkylation sites (tertiary alicyclic amines) is 2. The zero-order chi connectivity index (χ0) is 18.3. The molecule has 2 aliphatic rings. The van der Waals surface area contributed by atoms with E-state index in [0.29, 0.717) is 19.5 Å². The van der Waals surface area contributed by atoms with E-state index in [1.165, 1.54) is 0 Å². The average molecular weight is 353 g/mol. The van der Waals surface area contributed by atoms with E-state index < -0.39 is 5.41 Å². The largest absolute Gasteiger partial charge is 0.507 e. The van der Waals surface area contributed by atoms with Gasteiger partial charge in [-0.2, -0.15) is 0 Å². The van der Waals surface area contributed by atoms with Crippen LogP contribution < -0.4 is 0 Å². The number of hydrogen-bond acceptors (Lipinski definition) is 3. The topological polar surface area (TPSA) is 65.8 Å². The third-order valence-electron chi connectivity index (χ3n) is 5.70. The summed E-state index contributed by atoms with van der Waals surface area (Å²) in [5.41, 5.74) is 0.652. The molecule has 1 atom stereocenters. The van der Waals surface area contributed by atoms with Gasteiger partial charge in [0.25, 0.3) is 5.91 Å². The van der Waals surface area contributed by atoms with Crippen LogP contribution in [0.1, 0.15) is 29.6 Å². The molecule has 3 heterocycles. The highest BCUT2D eigenvalue weighted by Gasteiger charge is 2.48. The summed E-state index contributed by atoms with van der Waals surface area (Å²) < 4.78 is 1.89. The summed E-state index contributed by atoms with van der Waals surface area (Å²) in [7, 11) is 1.83. The van der Waals surface area contributed by atoms with Crippen LogP contribution in [0.3, 0.4) is 0 Å². The number of rotatable bonds is 2.